The summed E-state index contributed by atoms with van der Waals surface area (Å²) in [7, 11) is 0.716. The van der Waals surface area contributed by atoms with Crippen LogP contribution in [0.5, 0.6) is 0 Å². The molecule has 130 valence electrons. The molecule has 0 saturated heterocycles. The van der Waals surface area contributed by atoms with E-state index in [-0.39, 0.29) is 16.6 Å². The summed E-state index contributed by atoms with van der Waals surface area (Å²) in [6.45, 7) is 7.89. The minimum Gasteiger partial charge on any atom is -0.337 e. The van der Waals surface area contributed by atoms with E-state index in [1.807, 2.05) is 23.9 Å². The molecule has 0 N–H and O–H groups in total. The normalized spacial score (nSPS) is 12.0. The number of benzene rings is 1. The first-order valence-corrected chi connectivity index (χ1v) is 9.59. The molecule has 0 aliphatic rings. The van der Waals surface area contributed by atoms with E-state index in [0.717, 1.165) is 6.54 Å². The summed E-state index contributed by atoms with van der Waals surface area (Å²) in [4.78, 5) is 16.8. The van der Waals surface area contributed by atoms with Gasteiger partial charge in [0.1, 0.15) is 0 Å². The molecule has 0 unspecified atom stereocenters. The molecular weight excluding hydrogens is 312 g/mol. The number of carbonyl (C=O) groups is 1. The Balaban J connectivity index is 2.94. The average Bonchev–Trinajstić information content (AvgIpc) is 2.50. The molecule has 0 bridgehead atoms. The fourth-order valence-corrected chi connectivity index (χ4v) is 3.08. The zero-order chi connectivity index (χ0) is 17.6. The van der Waals surface area contributed by atoms with E-state index in [1.54, 1.807) is 19.1 Å². The van der Waals surface area contributed by atoms with Gasteiger partial charge < -0.3 is 9.80 Å². The first-order valence-electron chi connectivity index (χ1n) is 7.94. The van der Waals surface area contributed by atoms with Crippen molar-refractivity contribution in [2.24, 2.45) is 5.92 Å². The summed E-state index contributed by atoms with van der Waals surface area (Å²) in [6.07, 6.45) is 0. The van der Waals surface area contributed by atoms with Crippen LogP contribution in [0.1, 0.15) is 31.1 Å². The molecule has 0 aliphatic carbocycles. The van der Waals surface area contributed by atoms with Crippen LogP contribution in [0.3, 0.4) is 0 Å². The van der Waals surface area contributed by atoms with E-state index in [4.69, 9.17) is 0 Å². The van der Waals surface area contributed by atoms with E-state index in [2.05, 4.69) is 13.8 Å². The maximum absolute atomic E-state index is 12.7. The Morgan fingerprint density at radius 2 is 1.65 bits per heavy atom. The molecular formula is C17H28N2O3S. The Morgan fingerprint density at radius 1 is 1.09 bits per heavy atom. The number of amides is 1. The smallest absolute Gasteiger partial charge is 0.253 e. The van der Waals surface area contributed by atoms with Crippen molar-refractivity contribution in [1.29, 1.82) is 0 Å². The van der Waals surface area contributed by atoms with Gasteiger partial charge in [-0.2, -0.15) is 0 Å². The van der Waals surface area contributed by atoms with Gasteiger partial charge in [-0.3, -0.25) is 4.79 Å². The number of carbonyl (C=O) groups excluding carboxylic acids is 1. The standard InChI is InChI=1S/C17H28N2O3S/c1-6-23(21,22)16-9-7-15(8-10-16)17(20)19(13-14(2)3)12-11-18(4)5/h7-10,14H,6,11-13H2,1-5H3. The maximum atomic E-state index is 12.7. The van der Waals surface area contributed by atoms with Gasteiger partial charge in [-0.15, -0.1) is 0 Å². The highest BCUT2D eigenvalue weighted by Gasteiger charge is 2.18. The summed E-state index contributed by atoms with van der Waals surface area (Å²) in [5, 5.41) is 0. The number of rotatable bonds is 8. The highest BCUT2D eigenvalue weighted by atomic mass is 32.2. The van der Waals surface area contributed by atoms with Crippen LogP contribution in [0.25, 0.3) is 0 Å². The van der Waals surface area contributed by atoms with Crippen LogP contribution in [0.15, 0.2) is 29.2 Å². The highest BCUT2D eigenvalue weighted by Crippen LogP contribution is 2.14. The van der Waals surface area contributed by atoms with Crippen LogP contribution in [-0.2, 0) is 9.84 Å². The number of hydrogen-bond donors (Lipinski definition) is 0. The van der Waals surface area contributed by atoms with Gasteiger partial charge >= 0.3 is 0 Å². The van der Waals surface area contributed by atoms with E-state index in [0.29, 0.717) is 24.6 Å². The van der Waals surface area contributed by atoms with Crippen LogP contribution in [0.2, 0.25) is 0 Å². The second-order valence-corrected chi connectivity index (χ2v) is 8.65. The van der Waals surface area contributed by atoms with Gasteiger partial charge in [0, 0.05) is 25.2 Å². The molecule has 1 aromatic carbocycles. The Labute approximate surface area is 140 Å². The molecule has 23 heavy (non-hydrogen) atoms. The van der Waals surface area contributed by atoms with E-state index in [9.17, 15) is 13.2 Å². The molecule has 1 amide bonds. The molecule has 0 aliphatic heterocycles. The lowest BCUT2D eigenvalue weighted by atomic mass is 10.1. The van der Waals surface area contributed by atoms with Gasteiger partial charge in [-0.05, 0) is 44.3 Å². The van der Waals surface area contributed by atoms with Crippen molar-refractivity contribution in [3.63, 3.8) is 0 Å². The first kappa shape index (κ1) is 19.6. The van der Waals surface area contributed by atoms with Gasteiger partial charge in [0.05, 0.1) is 10.6 Å². The van der Waals surface area contributed by atoms with Crippen LogP contribution < -0.4 is 0 Å². The predicted molar refractivity (Wildman–Crippen MR) is 93.5 cm³/mol. The Morgan fingerprint density at radius 3 is 2.09 bits per heavy atom. The summed E-state index contributed by atoms with van der Waals surface area (Å²) in [5.41, 5.74) is 0.527. The fourth-order valence-electron chi connectivity index (χ4n) is 2.19. The molecule has 0 fully saturated rings. The molecule has 0 radical (unpaired) electrons. The van der Waals surface area contributed by atoms with Gasteiger partial charge in [0.25, 0.3) is 5.91 Å². The summed E-state index contributed by atoms with van der Waals surface area (Å²) < 4.78 is 23.7. The van der Waals surface area contributed by atoms with Gasteiger partial charge in [0.2, 0.25) is 0 Å². The van der Waals surface area contributed by atoms with E-state index >= 15 is 0 Å². The Hall–Kier alpha value is -1.40. The maximum Gasteiger partial charge on any atom is 0.253 e. The van der Waals surface area contributed by atoms with Gasteiger partial charge in [-0.25, -0.2) is 8.42 Å². The first-order chi connectivity index (χ1) is 10.7. The molecule has 0 saturated carbocycles. The average molecular weight is 340 g/mol. The Kier molecular flexibility index (Phi) is 7.22. The summed E-state index contributed by atoms with van der Waals surface area (Å²) in [6, 6.07) is 6.25. The van der Waals surface area contributed by atoms with Crippen molar-refractivity contribution >= 4 is 15.7 Å². The van der Waals surface area contributed by atoms with Crippen molar-refractivity contribution in [2.45, 2.75) is 25.7 Å². The number of nitrogens with zero attached hydrogens (tertiary/aromatic N) is 2. The second kappa shape index (κ2) is 8.45. The molecule has 6 heteroatoms. The van der Waals surface area contributed by atoms with Gasteiger partial charge in [-0.1, -0.05) is 20.8 Å². The SMILES string of the molecule is CCS(=O)(=O)c1ccc(C(=O)N(CCN(C)C)CC(C)C)cc1. The van der Waals surface area contributed by atoms with E-state index < -0.39 is 9.84 Å². The number of sulfone groups is 1. The van der Waals surface area contributed by atoms with Crippen molar-refractivity contribution in [1.82, 2.24) is 9.80 Å². The molecule has 0 spiro atoms. The van der Waals surface area contributed by atoms with Crippen molar-refractivity contribution in [3.05, 3.63) is 29.8 Å². The lowest BCUT2D eigenvalue weighted by Crippen LogP contribution is -2.39. The molecule has 0 atom stereocenters. The summed E-state index contributed by atoms with van der Waals surface area (Å²) >= 11 is 0. The van der Waals surface area contributed by atoms with Crippen molar-refractivity contribution in [3.8, 4) is 0 Å². The van der Waals surface area contributed by atoms with Crippen molar-refractivity contribution in [2.75, 3.05) is 39.5 Å². The number of likely N-dealkylation sites (N-methyl/N-ethyl adjacent to an activating group) is 1. The quantitative estimate of drug-likeness (QED) is 0.727. The zero-order valence-corrected chi connectivity index (χ0v) is 15.6. The van der Waals surface area contributed by atoms with Crippen LogP contribution in [0, 0.1) is 5.92 Å². The second-order valence-electron chi connectivity index (χ2n) is 6.38. The largest absolute Gasteiger partial charge is 0.337 e. The zero-order valence-electron chi connectivity index (χ0n) is 14.7. The molecule has 5 nitrogen and oxygen atoms in total. The highest BCUT2D eigenvalue weighted by molar-refractivity contribution is 7.91. The third-order valence-electron chi connectivity index (χ3n) is 3.53. The van der Waals surface area contributed by atoms with Crippen LogP contribution in [-0.4, -0.2) is 63.6 Å². The summed E-state index contributed by atoms with van der Waals surface area (Å²) in [5.74, 6) is 0.379. The molecule has 0 heterocycles. The molecule has 1 rings (SSSR count). The third kappa shape index (κ3) is 5.95. The van der Waals surface area contributed by atoms with Crippen LogP contribution in [0.4, 0.5) is 0 Å². The van der Waals surface area contributed by atoms with Crippen molar-refractivity contribution < 1.29 is 13.2 Å². The monoisotopic (exact) mass is 340 g/mol. The third-order valence-corrected chi connectivity index (χ3v) is 5.28. The molecule has 0 aromatic heterocycles. The lowest BCUT2D eigenvalue weighted by Gasteiger charge is -2.26. The minimum atomic E-state index is -3.23. The topological polar surface area (TPSA) is 57.7 Å². The predicted octanol–water partition coefficient (Wildman–Crippen LogP) is 2.14. The molecule has 1 aromatic rings. The van der Waals surface area contributed by atoms with E-state index in [1.165, 1.54) is 12.1 Å². The van der Waals surface area contributed by atoms with Gasteiger partial charge in [0.15, 0.2) is 9.84 Å². The minimum absolute atomic E-state index is 0.0546. The van der Waals surface area contributed by atoms with Crippen LogP contribution >= 0.6 is 0 Å². The number of hydrogen-bond acceptors (Lipinski definition) is 4. The Bertz CT molecular complexity index is 607. The lowest BCUT2D eigenvalue weighted by molar-refractivity contribution is 0.0724. The fraction of sp³-hybridized carbons (Fsp3) is 0.588.